The largest absolute Gasteiger partial charge is 0.355 e. The highest BCUT2D eigenvalue weighted by Gasteiger charge is 2.28. The number of carbonyl (C=O) groups excluding carboxylic acids is 1. The zero-order valence-corrected chi connectivity index (χ0v) is 18.4. The van der Waals surface area contributed by atoms with E-state index in [-0.39, 0.29) is 11.7 Å². The highest BCUT2D eigenvalue weighted by atomic mass is 32.2. The van der Waals surface area contributed by atoms with E-state index in [1.165, 1.54) is 9.87 Å². The zero-order valence-electron chi connectivity index (χ0n) is 17.6. The fraction of sp³-hybridized carbons (Fsp3) is 0.208. The summed E-state index contributed by atoms with van der Waals surface area (Å²) in [6, 6.07) is 20.3. The van der Waals surface area contributed by atoms with Crippen molar-refractivity contribution in [3.05, 3.63) is 83.4 Å². The molecule has 1 saturated heterocycles. The molecule has 1 amide bonds. The Bertz CT molecular complexity index is 1220. The van der Waals surface area contributed by atoms with E-state index in [1.54, 1.807) is 30.3 Å². The van der Waals surface area contributed by atoms with Crippen molar-refractivity contribution < 1.29 is 13.2 Å². The smallest absolute Gasteiger partial charge is 0.257 e. The Kier molecular flexibility index (Phi) is 5.69. The summed E-state index contributed by atoms with van der Waals surface area (Å²) >= 11 is 0. The lowest BCUT2D eigenvalue weighted by molar-refractivity contribution is 0.102. The number of anilines is 4. The number of carbonyl (C=O) groups is 1. The lowest BCUT2D eigenvalue weighted by Gasteiger charge is -2.17. The van der Waals surface area contributed by atoms with E-state index in [0.717, 1.165) is 11.3 Å². The number of hydrogen-bond acceptors (Lipinski definition) is 4. The van der Waals surface area contributed by atoms with Crippen molar-refractivity contribution in [1.82, 2.24) is 0 Å². The normalized spacial score (nSPS) is 15.0. The molecule has 0 unspecified atom stereocenters. The van der Waals surface area contributed by atoms with Crippen molar-refractivity contribution in [3.8, 4) is 0 Å². The molecule has 0 saturated carbocycles. The van der Waals surface area contributed by atoms with E-state index in [1.807, 2.05) is 37.3 Å². The summed E-state index contributed by atoms with van der Waals surface area (Å²) in [7, 11) is -3.22. The van der Waals surface area contributed by atoms with Gasteiger partial charge in [-0.25, -0.2) is 8.42 Å². The predicted molar refractivity (Wildman–Crippen MR) is 126 cm³/mol. The molecule has 3 aromatic rings. The second-order valence-electron chi connectivity index (χ2n) is 7.66. The Morgan fingerprint density at radius 2 is 1.61 bits per heavy atom. The summed E-state index contributed by atoms with van der Waals surface area (Å²) in [4.78, 5) is 13.0. The van der Waals surface area contributed by atoms with Crippen molar-refractivity contribution >= 4 is 38.7 Å². The van der Waals surface area contributed by atoms with Crippen LogP contribution < -0.4 is 14.9 Å². The minimum atomic E-state index is -3.22. The zero-order chi connectivity index (χ0) is 22.0. The molecule has 0 bridgehead atoms. The third kappa shape index (κ3) is 4.41. The summed E-state index contributed by atoms with van der Waals surface area (Å²) in [5.41, 5.74) is 5.72. The quantitative estimate of drug-likeness (QED) is 0.601. The molecule has 1 fully saturated rings. The number of aryl methyl sites for hydroxylation is 1. The average Bonchev–Trinajstić information content (AvgIpc) is 3.11. The van der Waals surface area contributed by atoms with Gasteiger partial charge in [0, 0.05) is 17.9 Å². The van der Waals surface area contributed by atoms with E-state index in [2.05, 4.69) is 23.6 Å². The molecular weight excluding hydrogens is 410 g/mol. The van der Waals surface area contributed by atoms with Crippen molar-refractivity contribution in [2.24, 2.45) is 0 Å². The van der Waals surface area contributed by atoms with E-state index < -0.39 is 10.0 Å². The molecule has 2 N–H and O–H groups in total. The fourth-order valence-corrected chi connectivity index (χ4v) is 5.23. The topological polar surface area (TPSA) is 78.5 Å². The molecule has 1 aliphatic rings. The molecule has 4 rings (SSSR count). The van der Waals surface area contributed by atoms with Crippen LogP contribution >= 0.6 is 0 Å². The standard InChI is InChI=1S/C24H25N3O3S/c1-17-7-5-10-22(18(17)2)26-23-9-4-3-8-21(23)24(28)25-19-11-13-20(14-12-19)27-15-6-16-31(27,29)30/h3-5,7-14,26H,6,15-16H2,1-2H3,(H,25,28). The third-order valence-electron chi connectivity index (χ3n) is 5.56. The molecule has 1 heterocycles. The third-order valence-corrected chi connectivity index (χ3v) is 7.43. The van der Waals surface area contributed by atoms with Gasteiger partial charge in [0.25, 0.3) is 5.91 Å². The number of nitrogens with zero attached hydrogens (tertiary/aromatic N) is 1. The Morgan fingerprint density at radius 1 is 0.903 bits per heavy atom. The molecule has 0 radical (unpaired) electrons. The van der Waals surface area contributed by atoms with Gasteiger partial charge in [0.2, 0.25) is 10.0 Å². The Morgan fingerprint density at radius 3 is 2.32 bits per heavy atom. The Hall–Kier alpha value is -3.32. The molecule has 0 atom stereocenters. The van der Waals surface area contributed by atoms with Crippen molar-refractivity contribution in [3.63, 3.8) is 0 Å². The van der Waals surface area contributed by atoms with Gasteiger partial charge in [-0.05, 0) is 73.9 Å². The molecule has 0 aliphatic carbocycles. The SMILES string of the molecule is Cc1cccc(Nc2ccccc2C(=O)Nc2ccc(N3CCCS3(=O)=O)cc2)c1C. The number of benzene rings is 3. The highest BCUT2D eigenvalue weighted by molar-refractivity contribution is 7.93. The first kappa shape index (κ1) is 20.9. The fourth-order valence-electron chi connectivity index (χ4n) is 3.66. The van der Waals surface area contributed by atoms with Gasteiger partial charge in [0.05, 0.1) is 22.7 Å². The van der Waals surface area contributed by atoms with Gasteiger partial charge in [0.15, 0.2) is 0 Å². The van der Waals surface area contributed by atoms with E-state index in [9.17, 15) is 13.2 Å². The first-order valence-electron chi connectivity index (χ1n) is 10.2. The molecule has 0 spiro atoms. The Labute approximate surface area is 183 Å². The van der Waals surface area contributed by atoms with Gasteiger partial charge in [-0.1, -0.05) is 24.3 Å². The van der Waals surface area contributed by atoms with Crippen LogP contribution in [0.15, 0.2) is 66.7 Å². The maximum Gasteiger partial charge on any atom is 0.257 e. The van der Waals surface area contributed by atoms with Crippen molar-refractivity contribution in [2.45, 2.75) is 20.3 Å². The van der Waals surface area contributed by atoms with Crippen LogP contribution in [0.2, 0.25) is 0 Å². The van der Waals surface area contributed by atoms with E-state index in [4.69, 9.17) is 0 Å². The summed E-state index contributed by atoms with van der Waals surface area (Å²) in [5, 5.41) is 6.27. The molecule has 6 nitrogen and oxygen atoms in total. The summed E-state index contributed by atoms with van der Waals surface area (Å²) in [5.74, 6) is -0.0645. The van der Waals surface area contributed by atoms with E-state index >= 15 is 0 Å². The van der Waals surface area contributed by atoms with Crippen LogP contribution in [0, 0.1) is 13.8 Å². The summed E-state index contributed by atoms with van der Waals surface area (Å²) in [6.45, 7) is 4.59. The van der Waals surface area contributed by atoms with Crippen LogP contribution in [-0.4, -0.2) is 26.6 Å². The Balaban J connectivity index is 1.52. The number of hydrogen-bond donors (Lipinski definition) is 2. The predicted octanol–water partition coefficient (Wildman–Crippen LogP) is 4.84. The van der Waals surface area contributed by atoms with Gasteiger partial charge >= 0.3 is 0 Å². The van der Waals surface area contributed by atoms with E-state index in [0.29, 0.717) is 35.6 Å². The van der Waals surface area contributed by atoms with Crippen LogP contribution in [0.4, 0.5) is 22.7 Å². The van der Waals surface area contributed by atoms with Crippen LogP contribution in [0.5, 0.6) is 0 Å². The van der Waals surface area contributed by atoms with Crippen LogP contribution in [0.3, 0.4) is 0 Å². The van der Waals surface area contributed by atoms with Gasteiger partial charge in [0.1, 0.15) is 0 Å². The van der Waals surface area contributed by atoms with Gasteiger partial charge in [-0.2, -0.15) is 0 Å². The summed E-state index contributed by atoms with van der Waals surface area (Å²) in [6.07, 6.45) is 0.630. The maximum absolute atomic E-state index is 13.0. The van der Waals surface area contributed by atoms with Crippen LogP contribution in [-0.2, 0) is 10.0 Å². The second kappa shape index (κ2) is 8.43. The van der Waals surface area contributed by atoms with Gasteiger partial charge < -0.3 is 10.6 Å². The van der Waals surface area contributed by atoms with Crippen molar-refractivity contribution in [2.75, 3.05) is 27.2 Å². The lowest BCUT2D eigenvalue weighted by atomic mass is 10.1. The molecule has 1 aliphatic heterocycles. The van der Waals surface area contributed by atoms with Crippen LogP contribution in [0.1, 0.15) is 27.9 Å². The molecule has 31 heavy (non-hydrogen) atoms. The minimum Gasteiger partial charge on any atom is -0.355 e. The number of para-hydroxylation sites is 1. The highest BCUT2D eigenvalue weighted by Crippen LogP contribution is 2.27. The van der Waals surface area contributed by atoms with Gasteiger partial charge in [-0.15, -0.1) is 0 Å². The molecular formula is C24H25N3O3S. The molecule has 0 aromatic heterocycles. The minimum absolute atomic E-state index is 0.176. The monoisotopic (exact) mass is 435 g/mol. The maximum atomic E-state index is 13.0. The first-order valence-corrected chi connectivity index (χ1v) is 11.8. The number of rotatable bonds is 5. The molecule has 160 valence electrons. The second-order valence-corrected chi connectivity index (χ2v) is 9.67. The number of amides is 1. The average molecular weight is 436 g/mol. The molecule has 3 aromatic carbocycles. The van der Waals surface area contributed by atoms with Gasteiger partial charge in [-0.3, -0.25) is 9.10 Å². The number of sulfonamides is 1. The molecule has 7 heteroatoms. The number of nitrogens with one attached hydrogen (secondary N) is 2. The summed E-state index contributed by atoms with van der Waals surface area (Å²) < 4.78 is 25.6. The van der Waals surface area contributed by atoms with Crippen molar-refractivity contribution in [1.29, 1.82) is 0 Å². The lowest BCUT2D eigenvalue weighted by Crippen LogP contribution is -2.25. The van der Waals surface area contributed by atoms with Crippen LogP contribution in [0.25, 0.3) is 0 Å². The first-order chi connectivity index (χ1) is 14.8.